The van der Waals surface area contributed by atoms with Crippen LogP contribution in [0, 0.1) is 5.82 Å². The van der Waals surface area contributed by atoms with Crippen molar-refractivity contribution < 1.29 is 4.39 Å². The molecule has 0 amide bonds. The average molecular weight is 304 g/mol. The second-order valence-corrected chi connectivity index (χ2v) is 6.20. The number of halogens is 2. The minimum absolute atomic E-state index is 0.159. The molecule has 0 aliphatic carbocycles. The highest BCUT2D eigenvalue weighted by Gasteiger charge is 2.27. The number of likely N-dealkylation sites (tertiary alicyclic amines) is 1. The van der Waals surface area contributed by atoms with Crippen LogP contribution in [0.2, 0.25) is 5.02 Å². The minimum Gasteiger partial charge on any atom is -0.296 e. The Balaban J connectivity index is 1.70. The van der Waals surface area contributed by atoms with Crippen LogP contribution in [0.1, 0.15) is 36.4 Å². The molecule has 0 saturated carbocycles. The lowest BCUT2D eigenvalue weighted by molar-refractivity contribution is 0.259. The molecular formula is C18H19ClFN. The Morgan fingerprint density at radius 3 is 2.67 bits per heavy atom. The fourth-order valence-electron chi connectivity index (χ4n) is 3.12. The smallest absolute Gasteiger partial charge is 0.123 e. The molecule has 0 spiro atoms. The van der Waals surface area contributed by atoms with Crippen molar-refractivity contribution in [2.75, 3.05) is 13.1 Å². The second kappa shape index (κ2) is 6.17. The summed E-state index contributed by atoms with van der Waals surface area (Å²) in [5.41, 5.74) is 2.39. The molecule has 0 aromatic heterocycles. The first-order valence-electron chi connectivity index (χ1n) is 7.38. The van der Waals surface area contributed by atoms with Gasteiger partial charge >= 0.3 is 0 Å². The van der Waals surface area contributed by atoms with Crippen molar-refractivity contribution in [3.05, 3.63) is 70.5 Å². The molecule has 3 heteroatoms. The summed E-state index contributed by atoms with van der Waals surface area (Å²) in [6.07, 6.45) is 1.14. The van der Waals surface area contributed by atoms with Crippen LogP contribution >= 0.6 is 11.6 Å². The van der Waals surface area contributed by atoms with Crippen molar-refractivity contribution in [1.29, 1.82) is 0 Å². The molecular weight excluding hydrogens is 285 g/mol. The predicted molar refractivity (Wildman–Crippen MR) is 85.2 cm³/mol. The van der Waals surface area contributed by atoms with Crippen molar-refractivity contribution in [2.24, 2.45) is 0 Å². The first-order valence-corrected chi connectivity index (χ1v) is 7.76. The summed E-state index contributed by atoms with van der Waals surface area (Å²) in [5.74, 6) is 0.381. The van der Waals surface area contributed by atoms with Crippen molar-refractivity contribution in [2.45, 2.75) is 25.3 Å². The van der Waals surface area contributed by atoms with Gasteiger partial charge in [0.05, 0.1) is 0 Å². The van der Waals surface area contributed by atoms with E-state index in [0.717, 1.165) is 30.1 Å². The van der Waals surface area contributed by atoms with E-state index in [-0.39, 0.29) is 11.9 Å². The molecule has 1 nitrogen and oxygen atoms in total. The monoisotopic (exact) mass is 303 g/mol. The van der Waals surface area contributed by atoms with Crippen molar-refractivity contribution in [3.63, 3.8) is 0 Å². The summed E-state index contributed by atoms with van der Waals surface area (Å²) in [5, 5.41) is 0.779. The summed E-state index contributed by atoms with van der Waals surface area (Å²) >= 11 is 5.95. The van der Waals surface area contributed by atoms with Gasteiger partial charge in [0.1, 0.15) is 5.82 Å². The molecule has 0 bridgehead atoms. The third kappa shape index (κ3) is 3.28. The van der Waals surface area contributed by atoms with Gasteiger partial charge in [-0.2, -0.15) is 0 Å². The number of hydrogen-bond acceptors (Lipinski definition) is 1. The summed E-state index contributed by atoms with van der Waals surface area (Å²) < 4.78 is 13.4. The summed E-state index contributed by atoms with van der Waals surface area (Å²) in [6, 6.07) is 15.3. The molecule has 110 valence electrons. The maximum Gasteiger partial charge on any atom is 0.123 e. The first-order chi connectivity index (χ1) is 10.1. The third-order valence-corrected chi connectivity index (χ3v) is 4.69. The van der Waals surface area contributed by atoms with Gasteiger partial charge in [-0.25, -0.2) is 4.39 Å². The lowest BCUT2D eigenvalue weighted by Crippen LogP contribution is -2.24. The first kappa shape index (κ1) is 14.6. The minimum atomic E-state index is -0.159. The van der Waals surface area contributed by atoms with Gasteiger partial charge in [0.15, 0.2) is 0 Å². The highest BCUT2D eigenvalue weighted by atomic mass is 35.5. The lowest BCUT2D eigenvalue weighted by Gasteiger charge is -2.25. The Hall–Kier alpha value is -1.38. The fourth-order valence-corrected chi connectivity index (χ4v) is 3.25. The van der Waals surface area contributed by atoms with Crippen LogP contribution in [0.25, 0.3) is 0 Å². The molecule has 2 atom stereocenters. The van der Waals surface area contributed by atoms with Crippen molar-refractivity contribution in [3.8, 4) is 0 Å². The van der Waals surface area contributed by atoms with Gasteiger partial charge in [-0.1, -0.05) is 35.9 Å². The normalized spacial score (nSPS) is 20.6. The zero-order valence-electron chi connectivity index (χ0n) is 12.1. The lowest BCUT2D eigenvalue weighted by atomic mass is 9.98. The van der Waals surface area contributed by atoms with E-state index >= 15 is 0 Å². The van der Waals surface area contributed by atoms with E-state index < -0.39 is 0 Å². The van der Waals surface area contributed by atoms with Crippen LogP contribution in [0.5, 0.6) is 0 Å². The van der Waals surface area contributed by atoms with Gasteiger partial charge in [0.25, 0.3) is 0 Å². The van der Waals surface area contributed by atoms with Gasteiger partial charge in [-0.15, -0.1) is 0 Å². The van der Waals surface area contributed by atoms with Crippen LogP contribution in [-0.4, -0.2) is 18.0 Å². The maximum absolute atomic E-state index is 13.4. The standard InChI is InChI=1S/C18H19ClFN/c1-13(15-3-2-4-18(20)11-15)21-10-9-16(12-21)14-5-7-17(19)8-6-14/h2-8,11,13,16H,9-10,12H2,1H3/t13-,16-/m0/s1. The van der Waals surface area contributed by atoms with Crippen LogP contribution in [0.4, 0.5) is 4.39 Å². The zero-order valence-corrected chi connectivity index (χ0v) is 12.9. The molecule has 0 N–H and O–H groups in total. The molecule has 2 aromatic rings. The van der Waals surface area contributed by atoms with E-state index in [2.05, 4.69) is 24.0 Å². The van der Waals surface area contributed by atoms with E-state index in [9.17, 15) is 4.39 Å². The molecule has 1 heterocycles. The molecule has 21 heavy (non-hydrogen) atoms. The Morgan fingerprint density at radius 1 is 1.19 bits per heavy atom. The van der Waals surface area contributed by atoms with E-state index in [4.69, 9.17) is 11.6 Å². The summed E-state index contributed by atoms with van der Waals surface area (Å²) in [4.78, 5) is 2.42. The average Bonchev–Trinajstić information content (AvgIpc) is 2.97. The van der Waals surface area contributed by atoms with Crippen LogP contribution in [-0.2, 0) is 0 Å². The zero-order chi connectivity index (χ0) is 14.8. The third-order valence-electron chi connectivity index (χ3n) is 4.44. The molecule has 0 radical (unpaired) electrons. The highest BCUT2D eigenvalue weighted by molar-refractivity contribution is 6.30. The molecule has 1 aliphatic heterocycles. The number of rotatable bonds is 3. The van der Waals surface area contributed by atoms with E-state index in [1.807, 2.05) is 18.2 Å². The topological polar surface area (TPSA) is 3.24 Å². The van der Waals surface area contributed by atoms with Crippen molar-refractivity contribution in [1.82, 2.24) is 4.90 Å². The quantitative estimate of drug-likeness (QED) is 0.768. The van der Waals surface area contributed by atoms with Crippen molar-refractivity contribution >= 4 is 11.6 Å². The molecule has 1 fully saturated rings. The van der Waals surface area contributed by atoms with Gasteiger partial charge in [0.2, 0.25) is 0 Å². The molecule has 2 aromatic carbocycles. The molecule has 1 saturated heterocycles. The highest BCUT2D eigenvalue weighted by Crippen LogP contribution is 2.33. The molecule has 1 aliphatic rings. The molecule has 3 rings (SSSR count). The number of benzene rings is 2. The second-order valence-electron chi connectivity index (χ2n) is 5.76. The van der Waals surface area contributed by atoms with Gasteiger partial charge in [-0.05, 0) is 61.2 Å². The van der Waals surface area contributed by atoms with E-state index in [0.29, 0.717) is 5.92 Å². The van der Waals surface area contributed by atoms with E-state index in [1.165, 1.54) is 11.6 Å². The Morgan fingerprint density at radius 2 is 1.95 bits per heavy atom. The Kier molecular flexibility index (Phi) is 4.27. The molecule has 0 unspecified atom stereocenters. The maximum atomic E-state index is 13.4. The number of nitrogens with zero attached hydrogens (tertiary/aromatic N) is 1. The van der Waals surface area contributed by atoms with E-state index in [1.54, 1.807) is 12.1 Å². The van der Waals surface area contributed by atoms with Gasteiger partial charge < -0.3 is 0 Å². The predicted octanol–water partition coefficient (Wildman–Crippen LogP) is 5.03. The van der Waals surface area contributed by atoms with Gasteiger partial charge in [0, 0.05) is 17.6 Å². The largest absolute Gasteiger partial charge is 0.296 e. The van der Waals surface area contributed by atoms with Gasteiger partial charge in [-0.3, -0.25) is 4.90 Å². The Labute approximate surface area is 130 Å². The van der Waals surface area contributed by atoms with Crippen LogP contribution in [0.15, 0.2) is 48.5 Å². The SMILES string of the molecule is C[C@@H](c1cccc(F)c1)N1CC[C@H](c2ccc(Cl)cc2)C1. The van der Waals surface area contributed by atoms with Crippen LogP contribution < -0.4 is 0 Å². The number of hydrogen-bond donors (Lipinski definition) is 0. The summed E-state index contributed by atoms with van der Waals surface area (Å²) in [6.45, 7) is 4.21. The van der Waals surface area contributed by atoms with Crippen LogP contribution in [0.3, 0.4) is 0 Å². The fraction of sp³-hybridized carbons (Fsp3) is 0.333. The Bertz CT molecular complexity index is 611. The summed E-state index contributed by atoms with van der Waals surface area (Å²) in [7, 11) is 0.